The molecule has 0 spiro atoms. The van der Waals surface area contributed by atoms with E-state index in [0.29, 0.717) is 0 Å². The monoisotopic (exact) mass is 362 g/mol. The van der Waals surface area contributed by atoms with Gasteiger partial charge in [0.15, 0.2) is 0 Å². The largest absolute Gasteiger partial charge is 0.506 e. The molecule has 0 unspecified atom stereocenters. The zero-order chi connectivity index (χ0) is 17.6. The molecule has 0 aromatic heterocycles. The quantitative estimate of drug-likeness (QED) is 0.511. The van der Waals surface area contributed by atoms with Gasteiger partial charge in [-0.25, -0.2) is 0 Å². The Bertz CT molecular complexity index is 610. The Labute approximate surface area is 124 Å². The molecule has 0 rings (SSSR count). The van der Waals surface area contributed by atoms with Crippen molar-refractivity contribution in [2.45, 2.75) is 26.7 Å². The zero-order valence-electron chi connectivity index (χ0n) is 11.1. The van der Waals surface area contributed by atoms with Crippen molar-refractivity contribution >= 4 is 44.7 Å². The summed E-state index contributed by atoms with van der Waals surface area (Å²) < 4.78 is 58.4. The fourth-order valence-corrected chi connectivity index (χ4v) is 2.10. The van der Waals surface area contributed by atoms with Gasteiger partial charge >= 0.3 is 44.7 Å². The molecule has 0 saturated heterocycles. The van der Waals surface area contributed by atoms with E-state index in [-0.39, 0.29) is 0 Å². The smallest absolute Gasteiger partial charge is 0.316 e. The lowest BCUT2D eigenvalue weighted by atomic mass is 10.3. The van der Waals surface area contributed by atoms with Crippen LogP contribution in [0.15, 0.2) is 0 Å². The van der Waals surface area contributed by atoms with Gasteiger partial charge in [-0.2, -0.15) is 0 Å². The Hall–Kier alpha value is -2.22. The van der Waals surface area contributed by atoms with Gasteiger partial charge in [0.25, 0.3) is 0 Å². The summed E-state index contributed by atoms with van der Waals surface area (Å²) in [5, 5.41) is 0. The third kappa shape index (κ3) is 9.65. The summed E-state index contributed by atoms with van der Waals surface area (Å²) in [5.74, 6) is -5.55. The van der Waals surface area contributed by atoms with E-state index in [9.17, 15) is 36.0 Å². The lowest BCUT2D eigenvalue weighted by molar-refractivity contribution is -0.142. The molecular formula is C8H10O12S2. The Morgan fingerprint density at radius 3 is 1.14 bits per heavy atom. The molecule has 0 fully saturated rings. The van der Waals surface area contributed by atoms with Crippen LogP contribution in [-0.2, 0) is 56.7 Å². The summed E-state index contributed by atoms with van der Waals surface area (Å²) in [6.07, 6.45) is -1.82. The van der Waals surface area contributed by atoms with E-state index < -0.39 is 57.5 Å². The van der Waals surface area contributed by atoms with E-state index in [1.165, 1.54) is 0 Å². The van der Waals surface area contributed by atoms with E-state index in [2.05, 4.69) is 16.7 Å². The predicted octanol–water partition coefficient (Wildman–Crippen LogP) is -1.53. The molecule has 14 heteroatoms. The standard InChI is InChI=1S/C8H10O12S2/c1-5(9)17-21(13,14)19-7(11)3-4-8(12)20-22(15,16)18-6(2)10/h3-4H2,1-2H3. The molecule has 12 nitrogen and oxygen atoms in total. The van der Waals surface area contributed by atoms with E-state index in [4.69, 9.17) is 0 Å². The highest BCUT2D eigenvalue weighted by Gasteiger charge is 2.24. The van der Waals surface area contributed by atoms with Crippen LogP contribution in [0.1, 0.15) is 26.7 Å². The van der Waals surface area contributed by atoms with Gasteiger partial charge < -0.3 is 16.7 Å². The minimum atomic E-state index is -4.92. The minimum absolute atomic E-state index is 0.739. The first-order valence-electron chi connectivity index (χ1n) is 5.17. The second kappa shape index (κ2) is 7.69. The number of carbonyl (C=O) groups is 4. The number of carbonyl (C=O) groups excluding carboxylic acids is 4. The van der Waals surface area contributed by atoms with Gasteiger partial charge in [-0.15, -0.1) is 16.8 Å². The van der Waals surface area contributed by atoms with Gasteiger partial charge in [0.1, 0.15) is 0 Å². The van der Waals surface area contributed by atoms with Gasteiger partial charge in [0.2, 0.25) is 0 Å². The fourth-order valence-electron chi connectivity index (χ4n) is 0.837. The molecule has 0 bridgehead atoms. The van der Waals surface area contributed by atoms with Crippen molar-refractivity contribution < 1.29 is 52.7 Å². The summed E-state index contributed by atoms with van der Waals surface area (Å²) in [6, 6.07) is 0. The fraction of sp³-hybridized carbons (Fsp3) is 0.500. The van der Waals surface area contributed by atoms with Crippen molar-refractivity contribution in [2.24, 2.45) is 0 Å². The topological polar surface area (TPSA) is 173 Å². The predicted molar refractivity (Wildman–Crippen MR) is 62.8 cm³/mol. The van der Waals surface area contributed by atoms with E-state index in [0.717, 1.165) is 13.8 Å². The van der Waals surface area contributed by atoms with Crippen molar-refractivity contribution in [3.8, 4) is 0 Å². The average Bonchev–Trinajstić information content (AvgIpc) is 2.20. The average molecular weight is 362 g/mol. The third-order valence-corrected chi connectivity index (χ3v) is 3.02. The molecular weight excluding hydrogens is 352 g/mol. The van der Waals surface area contributed by atoms with Crippen molar-refractivity contribution in [1.29, 1.82) is 0 Å². The summed E-state index contributed by atoms with van der Waals surface area (Å²) in [6.45, 7) is 1.48. The van der Waals surface area contributed by atoms with Crippen LogP contribution in [0.4, 0.5) is 0 Å². The highest BCUT2D eigenvalue weighted by molar-refractivity contribution is 7.83. The third-order valence-electron chi connectivity index (χ3n) is 1.36. The van der Waals surface area contributed by atoms with Crippen LogP contribution in [0.25, 0.3) is 0 Å². The minimum Gasteiger partial charge on any atom is -0.316 e. The summed E-state index contributed by atoms with van der Waals surface area (Å²) in [4.78, 5) is 42.9. The Balaban J connectivity index is 4.40. The van der Waals surface area contributed by atoms with Crippen LogP contribution < -0.4 is 0 Å². The molecule has 0 aliphatic heterocycles. The number of rotatable bonds is 7. The highest BCUT2D eigenvalue weighted by atomic mass is 32.3. The molecule has 0 aromatic rings. The highest BCUT2D eigenvalue weighted by Crippen LogP contribution is 2.05. The molecule has 22 heavy (non-hydrogen) atoms. The molecule has 0 saturated carbocycles. The molecule has 0 amide bonds. The van der Waals surface area contributed by atoms with Crippen LogP contribution in [0.3, 0.4) is 0 Å². The Morgan fingerprint density at radius 2 is 0.909 bits per heavy atom. The van der Waals surface area contributed by atoms with E-state index in [1.54, 1.807) is 0 Å². The number of hydrogen-bond acceptors (Lipinski definition) is 12. The van der Waals surface area contributed by atoms with Gasteiger partial charge in [-0.05, 0) is 0 Å². The van der Waals surface area contributed by atoms with Crippen LogP contribution in [0.5, 0.6) is 0 Å². The van der Waals surface area contributed by atoms with Crippen LogP contribution in [0, 0.1) is 0 Å². The first kappa shape index (κ1) is 19.8. The molecule has 0 N–H and O–H groups in total. The molecule has 0 radical (unpaired) electrons. The van der Waals surface area contributed by atoms with Gasteiger partial charge in [0, 0.05) is 13.8 Å². The van der Waals surface area contributed by atoms with E-state index >= 15 is 0 Å². The first-order valence-corrected chi connectivity index (χ1v) is 7.84. The van der Waals surface area contributed by atoms with Crippen molar-refractivity contribution in [3.05, 3.63) is 0 Å². The SMILES string of the molecule is CC(=O)OS(=O)(=O)OC(=O)CCC(=O)OS(=O)(=O)OC(C)=O. The number of hydrogen-bond donors (Lipinski definition) is 0. The summed E-state index contributed by atoms with van der Waals surface area (Å²) in [5.41, 5.74) is 0. The van der Waals surface area contributed by atoms with Crippen LogP contribution >= 0.6 is 0 Å². The maximum absolute atomic E-state index is 11.1. The summed E-state index contributed by atoms with van der Waals surface area (Å²) in [7, 11) is -9.84. The molecule has 0 aromatic carbocycles. The second-order valence-corrected chi connectivity index (χ2v) is 5.68. The van der Waals surface area contributed by atoms with E-state index in [1.807, 2.05) is 0 Å². The summed E-state index contributed by atoms with van der Waals surface area (Å²) >= 11 is 0. The van der Waals surface area contributed by atoms with Gasteiger partial charge in [-0.3, -0.25) is 19.2 Å². The molecule has 0 aliphatic carbocycles. The zero-order valence-corrected chi connectivity index (χ0v) is 12.8. The molecule has 126 valence electrons. The lowest BCUT2D eigenvalue weighted by Gasteiger charge is -2.05. The maximum Gasteiger partial charge on any atom is 0.506 e. The maximum atomic E-state index is 11.1. The normalized spacial score (nSPS) is 11.2. The van der Waals surface area contributed by atoms with Crippen molar-refractivity contribution in [2.75, 3.05) is 0 Å². The van der Waals surface area contributed by atoms with Crippen molar-refractivity contribution in [3.63, 3.8) is 0 Å². The first-order chi connectivity index (χ1) is 9.83. The van der Waals surface area contributed by atoms with Crippen molar-refractivity contribution in [1.82, 2.24) is 0 Å². The van der Waals surface area contributed by atoms with Gasteiger partial charge in [-0.1, -0.05) is 0 Å². The lowest BCUT2D eigenvalue weighted by Crippen LogP contribution is -2.21. The molecule has 0 aliphatic rings. The second-order valence-electron chi connectivity index (χ2n) is 3.38. The van der Waals surface area contributed by atoms with Gasteiger partial charge in [0.05, 0.1) is 12.8 Å². The van der Waals surface area contributed by atoms with Crippen LogP contribution in [0.2, 0.25) is 0 Å². The Kier molecular flexibility index (Phi) is 6.92. The Morgan fingerprint density at radius 1 is 0.636 bits per heavy atom. The van der Waals surface area contributed by atoms with Crippen LogP contribution in [-0.4, -0.2) is 40.7 Å². The molecule has 0 heterocycles. The molecule has 0 atom stereocenters.